The number of rotatable bonds is 17. The molecule has 16 heteroatoms. The number of nitrogens with zero attached hydrogens (tertiary/aromatic N) is 1. The van der Waals surface area contributed by atoms with Crippen molar-refractivity contribution in [1.29, 1.82) is 0 Å². The van der Waals surface area contributed by atoms with Crippen LogP contribution in [0.5, 0.6) is 5.75 Å². The first kappa shape index (κ1) is 32.6. The fourth-order valence-corrected chi connectivity index (χ4v) is 3.30. The molecule has 1 rings (SSSR count). The van der Waals surface area contributed by atoms with Crippen molar-refractivity contribution in [3.63, 3.8) is 0 Å². The minimum atomic E-state index is -1.69. The molecule has 3 amide bonds. The standard InChI is InChI=1S/C23H35N7O9/c24-14(10-12-3-5-13(32)6-4-12)19(35)28-15(2-1-9-27-23(25)26)20(36)29-16(7-8-18(33)34)21(37)30-17(11-31)22(38)39/h3-6,14-17,31-32H,1-2,7-11,24H2,(H,28,35)(H,29,36)(H,30,37)(H,33,34)(H,38,39)(H4,25,26,27). The number of amides is 3. The van der Waals surface area contributed by atoms with E-state index in [4.69, 9.17) is 32.5 Å². The lowest BCUT2D eigenvalue weighted by molar-refractivity contribution is -0.144. The first-order valence-corrected chi connectivity index (χ1v) is 11.9. The number of carbonyl (C=O) groups is 5. The Kier molecular flexibility index (Phi) is 13.7. The number of phenolic OH excluding ortho intramolecular Hbond substituents is 1. The van der Waals surface area contributed by atoms with Gasteiger partial charge in [-0.2, -0.15) is 0 Å². The monoisotopic (exact) mass is 553 g/mol. The van der Waals surface area contributed by atoms with Gasteiger partial charge in [0.2, 0.25) is 17.7 Å². The number of carbonyl (C=O) groups excluding carboxylic acids is 3. The van der Waals surface area contributed by atoms with Gasteiger partial charge in [-0.25, -0.2) is 4.79 Å². The Morgan fingerprint density at radius 1 is 0.846 bits per heavy atom. The topological polar surface area (TPSA) is 293 Å². The van der Waals surface area contributed by atoms with E-state index in [-0.39, 0.29) is 37.5 Å². The van der Waals surface area contributed by atoms with Crippen molar-refractivity contribution in [2.45, 2.75) is 56.3 Å². The van der Waals surface area contributed by atoms with Crippen LogP contribution in [0.1, 0.15) is 31.2 Å². The highest BCUT2D eigenvalue weighted by molar-refractivity contribution is 5.94. The number of aliphatic carboxylic acids is 2. The second-order valence-corrected chi connectivity index (χ2v) is 8.56. The molecule has 0 saturated heterocycles. The number of benzene rings is 1. The molecule has 16 nitrogen and oxygen atoms in total. The van der Waals surface area contributed by atoms with Crippen LogP contribution in [0.3, 0.4) is 0 Å². The number of hydrogen-bond acceptors (Lipinski definition) is 9. The summed E-state index contributed by atoms with van der Waals surface area (Å²) in [5.74, 6) is -5.58. The Morgan fingerprint density at radius 2 is 1.38 bits per heavy atom. The van der Waals surface area contributed by atoms with Crippen LogP contribution in [0.2, 0.25) is 0 Å². The van der Waals surface area contributed by atoms with Gasteiger partial charge in [0.25, 0.3) is 0 Å². The number of nitrogens with two attached hydrogens (primary N) is 3. The average molecular weight is 554 g/mol. The Balaban J connectivity index is 3.03. The van der Waals surface area contributed by atoms with Crippen molar-refractivity contribution in [3.05, 3.63) is 29.8 Å². The first-order chi connectivity index (χ1) is 18.3. The van der Waals surface area contributed by atoms with E-state index in [0.29, 0.717) is 5.56 Å². The van der Waals surface area contributed by atoms with Gasteiger partial charge in [-0.1, -0.05) is 12.1 Å². The molecule has 0 aliphatic carbocycles. The molecule has 1 aromatic rings. The quantitative estimate of drug-likeness (QED) is 0.0516. The Bertz CT molecular complexity index is 1030. The fraction of sp³-hybridized carbons (Fsp3) is 0.478. The second-order valence-electron chi connectivity index (χ2n) is 8.56. The van der Waals surface area contributed by atoms with Gasteiger partial charge in [-0.05, 0) is 43.4 Å². The van der Waals surface area contributed by atoms with E-state index in [2.05, 4.69) is 15.6 Å². The third kappa shape index (κ3) is 12.6. The number of nitrogens with one attached hydrogen (secondary N) is 3. The van der Waals surface area contributed by atoms with Crippen molar-refractivity contribution in [3.8, 4) is 5.75 Å². The van der Waals surface area contributed by atoms with Crippen molar-refractivity contribution >= 4 is 35.6 Å². The SMILES string of the molecule is NC(N)=NCCCC(NC(=O)C(N)Cc1ccc(O)cc1)C(=O)NC(CCC(=O)O)C(=O)NC(CO)C(=O)O. The highest BCUT2D eigenvalue weighted by atomic mass is 16.4. The molecule has 13 N–H and O–H groups in total. The number of aliphatic imine (C=N–C) groups is 1. The predicted octanol–water partition coefficient (Wildman–Crippen LogP) is -3.29. The lowest BCUT2D eigenvalue weighted by atomic mass is 10.0. The molecule has 0 spiro atoms. The van der Waals surface area contributed by atoms with Crippen LogP contribution in [0, 0.1) is 0 Å². The molecule has 39 heavy (non-hydrogen) atoms. The molecule has 0 aliphatic heterocycles. The predicted molar refractivity (Wildman–Crippen MR) is 137 cm³/mol. The maximum Gasteiger partial charge on any atom is 0.328 e. The average Bonchev–Trinajstić information content (AvgIpc) is 2.87. The number of aliphatic hydroxyl groups is 1. The van der Waals surface area contributed by atoms with Crippen molar-refractivity contribution in [1.82, 2.24) is 16.0 Å². The van der Waals surface area contributed by atoms with Crippen LogP contribution in [0.4, 0.5) is 0 Å². The second kappa shape index (κ2) is 16.4. The molecule has 0 fully saturated rings. The molecule has 0 radical (unpaired) electrons. The van der Waals surface area contributed by atoms with E-state index in [1.165, 1.54) is 12.1 Å². The number of carboxylic acid groups (broad SMARTS) is 2. The smallest absolute Gasteiger partial charge is 0.328 e. The number of guanidine groups is 1. The number of aliphatic hydroxyl groups excluding tert-OH is 1. The number of aromatic hydroxyl groups is 1. The van der Waals surface area contributed by atoms with E-state index in [9.17, 15) is 29.1 Å². The van der Waals surface area contributed by atoms with E-state index >= 15 is 0 Å². The summed E-state index contributed by atoms with van der Waals surface area (Å²) < 4.78 is 0. The molecule has 0 bridgehead atoms. The summed E-state index contributed by atoms with van der Waals surface area (Å²) in [5.41, 5.74) is 17.2. The lowest BCUT2D eigenvalue weighted by Crippen LogP contribution is -2.57. The zero-order chi connectivity index (χ0) is 29.5. The molecular formula is C23H35N7O9. The first-order valence-electron chi connectivity index (χ1n) is 11.9. The van der Waals surface area contributed by atoms with E-state index in [1.807, 2.05) is 5.32 Å². The number of hydrogen-bond donors (Lipinski definition) is 10. The Labute approximate surface area is 223 Å². The minimum absolute atomic E-state index is 0.00193. The van der Waals surface area contributed by atoms with Gasteiger partial charge >= 0.3 is 11.9 Å². The maximum absolute atomic E-state index is 13.1. The van der Waals surface area contributed by atoms with Crippen molar-refractivity contribution < 1.29 is 44.4 Å². The van der Waals surface area contributed by atoms with Gasteiger partial charge in [-0.3, -0.25) is 24.2 Å². The molecule has 216 valence electrons. The third-order valence-corrected chi connectivity index (χ3v) is 5.38. The van der Waals surface area contributed by atoms with Gasteiger partial charge in [0.05, 0.1) is 12.6 Å². The van der Waals surface area contributed by atoms with Gasteiger partial charge in [0, 0.05) is 13.0 Å². The summed E-state index contributed by atoms with van der Waals surface area (Å²) in [6.45, 7) is -0.829. The summed E-state index contributed by atoms with van der Waals surface area (Å²) >= 11 is 0. The summed E-state index contributed by atoms with van der Waals surface area (Å²) in [6, 6.07) is 0.482. The zero-order valence-corrected chi connectivity index (χ0v) is 21.1. The van der Waals surface area contributed by atoms with E-state index in [1.54, 1.807) is 12.1 Å². The molecule has 4 atom stereocenters. The largest absolute Gasteiger partial charge is 0.508 e. The van der Waals surface area contributed by atoms with Crippen LogP contribution in [-0.4, -0.2) is 93.4 Å². The molecule has 0 saturated carbocycles. The summed E-state index contributed by atoms with van der Waals surface area (Å²) in [6.07, 6.45) is -0.646. The third-order valence-electron chi connectivity index (χ3n) is 5.38. The zero-order valence-electron chi connectivity index (χ0n) is 21.1. The van der Waals surface area contributed by atoms with E-state index in [0.717, 1.165) is 0 Å². The van der Waals surface area contributed by atoms with Crippen LogP contribution < -0.4 is 33.2 Å². The molecule has 0 aromatic heterocycles. The summed E-state index contributed by atoms with van der Waals surface area (Å²) in [5, 5.41) is 43.5. The van der Waals surface area contributed by atoms with Gasteiger partial charge in [0.1, 0.15) is 23.9 Å². The molecule has 0 aliphatic rings. The highest BCUT2D eigenvalue weighted by Gasteiger charge is 2.30. The van der Waals surface area contributed by atoms with Crippen LogP contribution in [-0.2, 0) is 30.4 Å². The Hall–Kier alpha value is -4.44. The van der Waals surface area contributed by atoms with Gasteiger partial charge < -0.3 is 53.6 Å². The van der Waals surface area contributed by atoms with Crippen molar-refractivity contribution in [2.24, 2.45) is 22.2 Å². The fourth-order valence-electron chi connectivity index (χ4n) is 3.30. The van der Waals surface area contributed by atoms with Crippen LogP contribution >= 0.6 is 0 Å². The van der Waals surface area contributed by atoms with Gasteiger partial charge in [-0.15, -0.1) is 0 Å². The van der Waals surface area contributed by atoms with Crippen LogP contribution in [0.25, 0.3) is 0 Å². The summed E-state index contributed by atoms with van der Waals surface area (Å²) in [7, 11) is 0. The molecule has 1 aromatic carbocycles. The lowest BCUT2D eigenvalue weighted by Gasteiger charge is -2.25. The number of phenols is 1. The summed E-state index contributed by atoms with van der Waals surface area (Å²) in [4.78, 5) is 64.5. The van der Waals surface area contributed by atoms with Crippen molar-refractivity contribution in [2.75, 3.05) is 13.2 Å². The Morgan fingerprint density at radius 3 is 1.90 bits per heavy atom. The highest BCUT2D eigenvalue weighted by Crippen LogP contribution is 2.11. The minimum Gasteiger partial charge on any atom is -0.508 e. The normalized spacial score (nSPS) is 13.7. The molecule has 4 unspecified atom stereocenters. The van der Waals surface area contributed by atoms with E-state index < -0.39 is 73.3 Å². The molecule has 0 heterocycles. The van der Waals surface area contributed by atoms with Gasteiger partial charge in [0.15, 0.2) is 5.96 Å². The maximum atomic E-state index is 13.1. The number of carboxylic acids is 2. The molecular weight excluding hydrogens is 518 g/mol. The van der Waals surface area contributed by atoms with Crippen LogP contribution in [0.15, 0.2) is 29.3 Å².